The second-order valence-corrected chi connectivity index (χ2v) is 5.65. The highest BCUT2D eigenvalue weighted by Gasteiger charge is 2.41. The molecule has 1 aromatic carbocycles. The van der Waals surface area contributed by atoms with E-state index in [1.54, 1.807) is 0 Å². The molecule has 90 valence electrons. The van der Waals surface area contributed by atoms with Gasteiger partial charge in [0.1, 0.15) is 0 Å². The maximum atomic E-state index is 3.78. The van der Waals surface area contributed by atoms with Crippen LogP contribution in [0.25, 0.3) is 0 Å². The van der Waals surface area contributed by atoms with Crippen molar-refractivity contribution in [1.29, 1.82) is 0 Å². The largest absolute Gasteiger partial charge is 0.307 e. The van der Waals surface area contributed by atoms with E-state index >= 15 is 0 Å². The van der Waals surface area contributed by atoms with Gasteiger partial charge < -0.3 is 5.32 Å². The van der Waals surface area contributed by atoms with Crippen LogP contribution in [-0.4, -0.2) is 6.04 Å². The number of hydrogen-bond donors (Lipinski definition) is 1. The van der Waals surface area contributed by atoms with Gasteiger partial charge in [0.15, 0.2) is 0 Å². The first-order valence-corrected chi connectivity index (χ1v) is 6.73. The third-order valence-electron chi connectivity index (χ3n) is 4.37. The van der Waals surface area contributed by atoms with Crippen LogP contribution in [-0.2, 0) is 0 Å². The minimum atomic E-state index is 0.467. The zero-order chi connectivity index (χ0) is 11.8. The molecule has 1 heteroatoms. The van der Waals surface area contributed by atoms with Gasteiger partial charge in [-0.05, 0) is 44.1 Å². The smallest absolute Gasteiger partial charge is 0.0294 e. The van der Waals surface area contributed by atoms with Crippen LogP contribution in [0.4, 0.5) is 0 Å². The lowest BCUT2D eigenvalue weighted by Crippen LogP contribution is -2.48. The molecule has 0 saturated heterocycles. The average Bonchev–Trinajstić information content (AvgIpc) is 2.67. The number of allylic oxidation sites excluding steroid dienone is 1. The van der Waals surface area contributed by atoms with Crippen molar-refractivity contribution in [2.75, 3.05) is 0 Å². The summed E-state index contributed by atoms with van der Waals surface area (Å²) in [6.45, 7) is 4.44. The Bertz CT molecular complexity index is 435. The Kier molecular flexibility index (Phi) is 2.79. The van der Waals surface area contributed by atoms with E-state index in [1.807, 2.05) is 0 Å². The average molecular weight is 227 g/mol. The lowest BCUT2D eigenvalue weighted by molar-refractivity contribution is 0.152. The molecule has 3 rings (SSSR count). The highest BCUT2D eigenvalue weighted by Crippen LogP contribution is 2.43. The van der Waals surface area contributed by atoms with Crippen LogP contribution in [0, 0.1) is 18.8 Å². The quantitative estimate of drug-likeness (QED) is 0.778. The molecule has 0 bridgehead atoms. The molecule has 0 radical (unpaired) electrons. The minimum Gasteiger partial charge on any atom is -0.307 e. The Balaban J connectivity index is 1.64. The molecule has 1 nitrogen and oxygen atoms in total. The topological polar surface area (TPSA) is 12.0 Å². The number of hydrogen-bond acceptors (Lipinski definition) is 1. The van der Waals surface area contributed by atoms with Crippen LogP contribution in [0.3, 0.4) is 0 Å². The molecule has 1 saturated carbocycles. The van der Waals surface area contributed by atoms with E-state index in [9.17, 15) is 0 Å². The Hall–Kier alpha value is -1.08. The lowest BCUT2D eigenvalue weighted by atomic mass is 9.71. The Morgan fingerprint density at radius 3 is 3.00 bits per heavy atom. The molecular formula is C16H21N. The van der Waals surface area contributed by atoms with Gasteiger partial charge in [-0.25, -0.2) is 0 Å². The Labute approximate surface area is 104 Å². The molecule has 0 aromatic heterocycles. The van der Waals surface area contributed by atoms with E-state index in [2.05, 4.69) is 55.6 Å². The SMILES string of the molecule is Cc1cccc([C@@H](C)NC2CC3CC=CC32)c1. The summed E-state index contributed by atoms with van der Waals surface area (Å²) in [4.78, 5) is 0. The lowest BCUT2D eigenvalue weighted by Gasteiger charge is -2.42. The van der Waals surface area contributed by atoms with E-state index in [4.69, 9.17) is 0 Å². The molecule has 17 heavy (non-hydrogen) atoms. The first kappa shape index (κ1) is 11.0. The summed E-state index contributed by atoms with van der Waals surface area (Å²) in [7, 11) is 0. The number of nitrogens with one attached hydrogen (secondary N) is 1. The summed E-state index contributed by atoms with van der Waals surface area (Å²) in [5, 5.41) is 3.78. The maximum Gasteiger partial charge on any atom is 0.0294 e. The minimum absolute atomic E-state index is 0.467. The maximum absolute atomic E-state index is 3.78. The Morgan fingerprint density at radius 2 is 2.24 bits per heavy atom. The van der Waals surface area contributed by atoms with Crippen molar-refractivity contribution < 1.29 is 0 Å². The van der Waals surface area contributed by atoms with Crippen LogP contribution in [0.15, 0.2) is 36.4 Å². The second-order valence-electron chi connectivity index (χ2n) is 5.65. The molecular weight excluding hydrogens is 206 g/mol. The molecule has 3 unspecified atom stereocenters. The predicted molar refractivity (Wildman–Crippen MR) is 71.9 cm³/mol. The molecule has 2 aliphatic rings. The highest BCUT2D eigenvalue weighted by molar-refractivity contribution is 5.25. The first-order chi connectivity index (χ1) is 8.24. The van der Waals surface area contributed by atoms with Gasteiger partial charge in [-0.2, -0.15) is 0 Å². The molecule has 1 aromatic rings. The summed E-state index contributed by atoms with van der Waals surface area (Å²) < 4.78 is 0. The summed E-state index contributed by atoms with van der Waals surface area (Å²) in [6.07, 6.45) is 7.43. The van der Waals surface area contributed by atoms with Crippen molar-refractivity contribution in [3.05, 3.63) is 47.5 Å². The van der Waals surface area contributed by atoms with Crippen LogP contribution in [0.2, 0.25) is 0 Å². The second kappa shape index (κ2) is 4.30. The Morgan fingerprint density at radius 1 is 1.35 bits per heavy atom. The normalized spacial score (nSPS) is 32.0. The van der Waals surface area contributed by atoms with Gasteiger partial charge >= 0.3 is 0 Å². The molecule has 2 aliphatic carbocycles. The standard InChI is InChI=1S/C16H21N/c1-11-5-3-6-13(9-11)12(2)17-16-10-14-7-4-8-15(14)16/h3-6,8-9,12,14-17H,7,10H2,1-2H3/t12-,14?,15?,16?/m1/s1. The van der Waals surface area contributed by atoms with E-state index in [1.165, 1.54) is 24.0 Å². The predicted octanol–water partition coefficient (Wildman–Crippen LogP) is 3.61. The van der Waals surface area contributed by atoms with Crippen molar-refractivity contribution in [1.82, 2.24) is 5.32 Å². The number of benzene rings is 1. The molecule has 0 aliphatic heterocycles. The van der Waals surface area contributed by atoms with Gasteiger partial charge in [0, 0.05) is 12.1 Å². The van der Waals surface area contributed by atoms with E-state index in [0.717, 1.165) is 11.8 Å². The molecule has 4 atom stereocenters. The van der Waals surface area contributed by atoms with Crippen molar-refractivity contribution in [3.63, 3.8) is 0 Å². The molecule has 1 N–H and O–H groups in total. The molecule has 0 spiro atoms. The number of rotatable bonds is 3. The summed E-state index contributed by atoms with van der Waals surface area (Å²) in [5.74, 6) is 1.75. The fourth-order valence-electron chi connectivity index (χ4n) is 3.26. The molecule has 0 heterocycles. The number of aryl methyl sites for hydroxylation is 1. The monoisotopic (exact) mass is 227 g/mol. The van der Waals surface area contributed by atoms with Crippen LogP contribution in [0.5, 0.6) is 0 Å². The van der Waals surface area contributed by atoms with E-state index in [-0.39, 0.29) is 0 Å². The first-order valence-electron chi connectivity index (χ1n) is 6.73. The van der Waals surface area contributed by atoms with Gasteiger partial charge in [-0.3, -0.25) is 0 Å². The van der Waals surface area contributed by atoms with E-state index < -0.39 is 0 Å². The summed E-state index contributed by atoms with van der Waals surface area (Å²) in [5.41, 5.74) is 2.76. The molecule has 0 amide bonds. The van der Waals surface area contributed by atoms with Gasteiger partial charge in [0.05, 0.1) is 0 Å². The summed E-state index contributed by atoms with van der Waals surface area (Å²) >= 11 is 0. The van der Waals surface area contributed by atoms with Crippen molar-refractivity contribution in [3.8, 4) is 0 Å². The van der Waals surface area contributed by atoms with Crippen LogP contribution >= 0.6 is 0 Å². The van der Waals surface area contributed by atoms with Crippen molar-refractivity contribution in [2.24, 2.45) is 11.8 Å². The zero-order valence-corrected chi connectivity index (χ0v) is 10.7. The summed E-state index contributed by atoms with van der Waals surface area (Å²) in [6, 6.07) is 10.0. The highest BCUT2D eigenvalue weighted by atomic mass is 15.0. The van der Waals surface area contributed by atoms with Crippen molar-refractivity contribution in [2.45, 2.75) is 38.8 Å². The van der Waals surface area contributed by atoms with Gasteiger partial charge in [-0.1, -0.05) is 42.0 Å². The van der Waals surface area contributed by atoms with Gasteiger partial charge in [-0.15, -0.1) is 0 Å². The van der Waals surface area contributed by atoms with E-state index in [0.29, 0.717) is 12.1 Å². The van der Waals surface area contributed by atoms with Crippen LogP contribution in [0.1, 0.15) is 36.9 Å². The third-order valence-corrected chi connectivity index (χ3v) is 4.37. The fraction of sp³-hybridized carbons (Fsp3) is 0.500. The van der Waals surface area contributed by atoms with Crippen LogP contribution < -0.4 is 5.32 Å². The van der Waals surface area contributed by atoms with Crippen molar-refractivity contribution >= 4 is 0 Å². The van der Waals surface area contributed by atoms with Gasteiger partial charge in [0.2, 0.25) is 0 Å². The fourth-order valence-corrected chi connectivity index (χ4v) is 3.26. The van der Waals surface area contributed by atoms with Gasteiger partial charge in [0.25, 0.3) is 0 Å². The molecule has 1 fully saturated rings. The zero-order valence-electron chi connectivity index (χ0n) is 10.7. The number of fused-ring (bicyclic) bond motifs is 1. The third kappa shape index (κ3) is 2.04.